The summed E-state index contributed by atoms with van der Waals surface area (Å²) in [5.41, 5.74) is 1.66. The fraction of sp³-hybridized carbons (Fsp3) is 0.368. The quantitative estimate of drug-likeness (QED) is 0.842. The average Bonchev–Trinajstić information content (AvgIpc) is 3.24. The summed E-state index contributed by atoms with van der Waals surface area (Å²) < 4.78 is 5.46. The third-order valence-electron chi connectivity index (χ3n) is 4.24. The Labute approximate surface area is 147 Å². The Balaban J connectivity index is 1.63. The number of nitrogens with one attached hydrogen (secondary N) is 2. The molecule has 25 heavy (non-hydrogen) atoms. The van der Waals surface area contributed by atoms with Gasteiger partial charge in [-0.25, -0.2) is 4.79 Å². The molecule has 1 aromatic carbocycles. The summed E-state index contributed by atoms with van der Waals surface area (Å²) in [5, 5.41) is 5.72. The van der Waals surface area contributed by atoms with Crippen LogP contribution in [-0.4, -0.2) is 22.9 Å². The van der Waals surface area contributed by atoms with Gasteiger partial charge in [-0.3, -0.25) is 4.79 Å². The third kappa shape index (κ3) is 4.41. The SMILES string of the molecule is CC(=O)Nc1cccc(CNC(=O)N(C2CC2)C(C)c2ccco2)c1. The van der Waals surface area contributed by atoms with Crippen molar-refractivity contribution in [3.05, 3.63) is 54.0 Å². The summed E-state index contributed by atoms with van der Waals surface area (Å²) >= 11 is 0. The first-order chi connectivity index (χ1) is 12.0. The van der Waals surface area contributed by atoms with Crippen LogP contribution in [0.25, 0.3) is 0 Å². The highest BCUT2D eigenvalue weighted by molar-refractivity contribution is 5.88. The molecule has 1 aliphatic rings. The second-order valence-corrected chi connectivity index (χ2v) is 6.37. The number of rotatable bonds is 6. The maximum Gasteiger partial charge on any atom is 0.318 e. The Bertz CT molecular complexity index is 738. The van der Waals surface area contributed by atoms with Crippen LogP contribution >= 0.6 is 0 Å². The zero-order valence-electron chi connectivity index (χ0n) is 14.5. The normalized spacial score (nSPS) is 14.6. The lowest BCUT2D eigenvalue weighted by Gasteiger charge is -2.28. The van der Waals surface area contributed by atoms with Crippen LogP contribution in [0.3, 0.4) is 0 Å². The van der Waals surface area contributed by atoms with Gasteiger partial charge in [-0.15, -0.1) is 0 Å². The smallest absolute Gasteiger partial charge is 0.318 e. The molecule has 6 nitrogen and oxygen atoms in total. The minimum atomic E-state index is -0.117. The van der Waals surface area contributed by atoms with E-state index in [-0.39, 0.29) is 24.0 Å². The molecule has 2 aromatic rings. The number of carbonyl (C=O) groups excluding carboxylic acids is 2. The highest BCUT2D eigenvalue weighted by Gasteiger charge is 2.37. The molecule has 3 amide bonds. The van der Waals surface area contributed by atoms with E-state index in [2.05, 4.69) is 10.6 Å². The molecule has 1 aliphatic carbocycles. The Morgan fingerprint density at radius 1 is 1.28 bits per heavy atom. The van der Waals surface area contributed by atoms with E-state index < -0.39 is 0 Å². The molecule has 132 valence electrons. The first-order valence-electron chi connectivity index (χ1n) is 8.50. The van der Waals surface area contributed by atoms with E-state index in [1.807, 2.05) is 48.2 Å². The molecule has 0 aliphatic heterocycles. The van der Waals surface area contributed by atoms with E-state index in [4.69, 9.17) is 4.42 Å². The fourth-order valence-corrected chi connectivity index (χ4v) is 2.91. The maximum absolute atomic E-state index is 12.7. The Morgan fingerprint density at radius 2 is 2.08 bits per heavy atom. The standard InChI is InChI=1S/C19H23N3O3/c1-13(18-7-4-10-25-18)22(17-8-9-17)19(24)20-12-15-5-3-6-16(11-15)21-14(2)23/h3-7,10-11,13,17H,8-9,12H2,1-2H3,(H,20,24)(H,21,23). The molecule has 1 fully saturated rings. The highest BCUT2D eigenvalue weighted by Crippen LogP contribution is 2.34. The largest absolute Gasteiger partial charge is 0.467 e. The molecule has 0 radical (unpaired) electrons. The Hall–Kier alpha value is -2.76. The van der Waals surface area contributed by atoms with E-state index in [1.54, 1.807) is 6.26 Å². The van der Waals surface area contributed by atoms with Gasteiger partial charge in [0.1, 0.15) is 5.76 Å². The number of benzene rings is 1. The molecule has 3 rings (SSSR count). The van der Waals surface area contributed by atoms with Crippen molar-refractivity contribution in [2.45, 2.75) is 45.3 Å². The number of furan rings is 1. The van der Waals surface area contributed by atoms with Gasteiger partial charge < -0.3 is 20.0 Å². The number of hydrogen-bond acceptors (Lipinski definition) is 3. The van der Waals surface area contributed by atoms with Gasteiger partial charge in [0.2, 0.25) is 5.91 Å². The summed E-state index contributed by atoms with van der Waals surface area (Å²) in [6.45, 7) is 3.85. The van der Waals surface area contributed by atoms with Gasteiger partial charge >= 0.3 is 6.03 Å². The average molecular weight is 341 g/mol. The first kappa shape index (κ1) is 17.1. The first-order valence-corrected chi connectivity index (χ1v) is 8.50. The number of urea groups is 1. The number of amides is 3. The molecule has 0 spiro atoms. The Morgan fingerprint density at radius 3 is 2.72 bits per heavy atom. The molecule has 1 atom stereocenters. The molecule has 1 unspecified atom stereocenters. The molecule has 1 heterocycles. The number of nitrogens with zero attached hydrogens (tertiary/aromatic N) is 1. The van der Waals surface area contributed by atoms with Gasteiger partial charge in [0, 0.05) is 25.2 Å². The maximum atomic E-state index is 12.7. The van der Waals surface area contributed by atoms with Crippen molar-refractivity contribution < 1.29 is 14.0 Å². The summed E-state index contributed by atoms with van der Waals surface area (Å²) in [6.07, 6.45) is 3.68. The van der Waals surface area contributed by atoms with Crippen LogP contribution in [0.4, 0.5) is 10.5 Å². The minimum absolute atomic E-state index is 0.101. The molecule has 0 saturated heterocycles. The summed E-state index contributed by atoms with van der Waals surface area (Å²) in [6, 6.07) is 11.3. The zero-order chi connectivity index (χ0) is 17.8. The number of anilines is 1. The van der Waals surface area contributed by atoms with Gasteiger partial charge in [0.25, 0.3) is 0 Å². The van der Waals surface area contributed by atoms with Gasteiger partial charge in [0.05, 0.1) is 12.3 Å². The van der Waals surface area contributed by atoms with Crippen LogP contribution < -0.4 is 10.6 Å². The van der Waals surface area contributed by atoms with E-state index in [0.717, 1.165) is 29.9 Å². The van der Waals surface area contributed by atoms with Crippen LogP contribution in [-0.2, 0) is 11.3 Å². The third-order valence-corrected chi connectivity index (χ3v) is 4.24. The van der Waals surface area contributed by atoms with E-state index >= 15 is 0 Å². The van der Waals surface area contributed by atoms with Gasteiger partial charge in [0.15, 0.2) is 0 Å². The minimum Gasteiger partial charge on any atom is -0.467 e. The van der Waals surface area contributed by atoms with Crippen LogP contribution in [0.15, 0.2) is 47.1 Å². The van der Waals surface area contributed by atoms with Crippen LogP contribution in [0.2, 0.25) is 0 Å². The molecule has 2 N–H and O–H groups in total. The van der Waals surface area contributed by atoms with E-state index in [0.29, 0.717) is 6.54 Å². The van der Waals surface area contributed by atoms with Crippen molar-refractivity contribution in [3.8, 4) is 0 Å². The number of carbonyl (C=O) groups is 2. The second kappa shape index (κ2) is 7.42. The summed E-state index contributed by atoms with van der Waals surface area (Å²) in [4.78, 5) is 25.7. The topological polar surface area (TPSA) is 74.6 Å². The van der Waals surface area contributed by atoms with E-state index in [1.165, 1.54) is 6.92 Å². The van der Waals surface area contributed by atoms with Crippen LogP contribution in [0.5, 0.6) is 0 Å². The molecular weight excluding hydrogens is 318 g/mol. The summed E-state index contributed by atoms with van der Waals surface area (Å²) in [7, 11) is 0. The monoisotopic (exact) mass is 341 g/mol. The van der Waals surface area contributed by atoms with Crippen molar-refractivity contribution in [3.63, 3.8) is 0 Å². The lowest BCUT2D eigenvalue weighted by molar-refractivity contribution is -0.114. The molecule has 1 aromatic heterocycles. The van der Waals surface area contributed by atoms with Crippen molar-refractivity contribution in [1.82, 2.24) is 10.2 Å². The number of hydrogen-bond donors (Lipinski definition) is 2. The zero-order valence-corrected chi connectivity index (χ0v) is 14.5. The van der Waals surface area contributed by atoms with Crippen LogP contribution in [0, 0.1) is 0 Å². The van der Waals surface area contributed by atoms with Crippen molar-refractivity contribution in [1.29, 1.82) is 0 Å². The molecule has 0 bridgehead atoms. The lowest BCUT2D eigenvalue weighted by atomic mass is 10.2. The summed E-state index contributed by atoms with van der Waals surface area (Å²) in [5.74, 6) is 0.670. The highest BCUT2D eigenvalue weighted by atomic mass is 16.3. The van der Waals surface area contributed by atoms with Gasteiger partial charge in [-0.1, -0.05) is 12.1 Å². The molecular formula is C19H23N3O3. The molecule has 1 saturated carbocycles. The predicted molar refractivity (Wildman–Crippen MR) is 95.0 cm³/mol. The lowest BCUT2D eigenvalue weighted by Crippen LogP contribution is -2.42. The van der Waals surface area contributed by atoms with Gasteiger partial charge in [-0.2, -0.15) is 0 Å². The van der Waals surface area contributed by atoms with Crippen LogP contribution in [0.1, 0.15) is 44.1 Å². The Kier molecular flexibility index (Phi) is 5.07. The van der Waals surface area contributed by atoms with Gasteiger partial charge in [-0.05, 0) is 49.6 Å². The molecule has 6 heteroatoms. The van der Waals surface area contributed by atoms with Crippen molar-refractivity contribution in [2.75, 3.05) is 5.32 Å². The second-order valence-electron chi connectivity index (χ2n) is 6.37. The van der Waals surface area contributed by atoms with Crippen molar-refractivity contribution >= 4 is 17.6 Å². The van der Waals surface area contributed by atoms with E-state index in [9.17, 15) is 9.59 Å². The van der Waals surface area contributed by atoms with Crippen molar-refractivity contribution in [2.24, 2.45) is 0 Å². The predicted octanol–water partition coefficient (Wildman–Crippen LogP) is 3.67. The fourth-order valence-electron chi connectivity index (χ4n) is 2.91.